The molecule has 0 fully saturated rings. The van der Waals surface area contributed by atoms with Crippen LogP contribution in [0.1, 0.15) is 0 Å². The fraction of sp³-hybridized carbons (Fsp3) is 0.250. The van der Waals surface area contributed by atoms with Crippen LogP contribution in [0.25, 0.3) is 0 Å². The molecule has 0 radical (unpaired) electrons. The maximum Gasteiger partial charge on any atom is 0.194 e. The smallest absolute Gasteiger partial charge is 0.194 e. The van der Waals surface area contributed by atoms with E-state index in [9.17, 15) is 4.79 Å². The molecular formula is C4H4ClNOS2. The number of rotatable bonds is 2. The van der Waals surface area contributed by atoms with E-state index < -0.39 is 0 Å². The quantitative estimate of drug-likeness (QED) is 0.398. The van der Waals surface area contributed by atoms with Crippen molar-refractivity contribution in [2.45, 2.75) is 0 Å². The van der Waals surface area contributed by atoms with Crippen molar-refractivity contribution in [3.05, 3.63) is 11.1 Å². The van der Waals surface area contributed by atoms with Crippen molar-refractivity contribution in [1.29, 1.82) is 0 Å². The summed E-state index contributed by atoms with van der Waals surface area (Å²) in [6.07, 6.45) is 0. The van der Waals surface area contributed by atoms with Crippen LogP contribution in [0.5, 0.6) is 0 Å². The van der Waals surface area contributed by atoms with Gasteiger partial charge in [0.15, 0.2) is 5.78 Å². The van der Waals surface area contributed by atoms with Crippen LogP contribution >= 0.6 is 33.4 Å². The summed E-state index contributed by atoms with van der Waals surface area (Å²) in [7, 11) is 2.91. The molecule has 9 heavy (non-hydrogen) atoms. The van der Waals surface area contributed by atoms with Gasteiger partial charge >= 0.3 is 0 Å². The minimum absolute atomic E-state index is 0.0471. The zero-order valence-corrected chi connectivity index (χ0v) is 6.78. The van der Waals surface area contributed by atoms with Gasteiger partial charge in [-0.1, -0.05) is 0 Å². The third-order valence-electron chi connectivity index (χ3n) is 0.787. The summed E-state index contributed by atoms with van der Waals surface area (Å²) in [4.78, 5) is 10.7. The van der Waals surface area contributed by atoms with Gasteiger partial charge < -0.3 is 4.72 Å². The van der Waals surface area contributed by atoms with Crippen molar-refractivity contribution in [2.24, 2.45) is 0 Å². The van der Waals surface area contributed by atoms with Gasteiger partial charge in [-0.25, -0.2) is 0 Å². The Morgan fingerprint density at radius 2 is 2.67 bits per heavy atom. The zero-order valence-electron chi connectivity index (χ0n) is 4.39. The fourth-order valence-corrected chi connectivity index (χ4v) is 2.07. The number of carbonyl (C=O) groups is 1. The molecule has 1 rings (SSSR count). The van der Waals surface area contributed by atoms with Crippen molar-refractivity contribution in [3.63, 3.8) is 0 Å². The summed E-state index contributed by atoms with van der Waals surface area (Å²) in [5, 5.41) is 1.76. The van der Waals surface area contributed by atoms with E-state index in [1.54, 1.807) is 5.41 Å². The number of Topliss-reactive ketones (excluding diaryl/α,β-unsaturated/α-hetero) is 1. The lowest BCUT2D eigenvalue weighted by atomic mass is 10.4. The second-order valence-electron chi connectivity index (χ2n) is 1.37. The van der Waals surface area contributed by atoms with Gasteiger partial charge in [0, 0.05) is 16.4 Å². The number of halogens is 1. The van der Waals surface area contributed by atoms with Crippen LogP contribution in [-0.4, -0.2) is 11.7 Å². The summed E-state index contributed by atoms with van der Waals surface area (Å²) in [5.41, 5.74) is 0.611. The van der Waals surface area contributed by atoms with E-state index in [4.69, 9.17) is 11.6 Å². The van der Waals surface area contributed by atoms with Crippen LogP contribution in [-0.2, 0) is 4.79 Å². The van der Waals surface area contributed by atoms with E-state index in [1.165, 1.54) is 21.8 Å². The molecule has 0 amide bonds. The molecule has 0 aromatic rings. The number of allylic oxidation sites excluding steroid dienone is 1. The normalized spacial score (nSPS) is 16.8. The van der Waals surface area contributed by atoms with E-state index in [0.29, 0.717) is 5.70 Å². The van der Waals surface area contributed by atoms with E-state index in [-0.39, 0.29) is 11.7 Å². The third-order valence-corrected chi connectivity index (χ3v) is 2.59. The Hall–Kier alpha value is 0.200. The first-order valence-corrected chi connectivity index (χ1v) is 4.97. The van der Waals surface area contributed by atoms with Gasteiger partial charge in [0.1, 0.15) is 0 Å². The standard InChI is InChI=1S/C4H4ClNOS2/c5-1-4(7)3-2-8-9-6-3/h2,6H,1H2. The minimum atomic E-state index is -0.0471. The molecule has 0 bridgehead atoms. The van der Waals surface area contributed by atoms with Crippen molar-refractivity contribution in [1.82, 2.24) is 4.72 Å². The molecule has 50 valence electrons. The average Bonchev–Trinajstić information content (AvgIpc) is 2.37. The summed E-state index contributed by atoms with van der Waals surface area (Å²) >= 11 is 5.28. The van der Waals surface area contributed by atoms with Gasteiger partial charge in [-0.2, -0.15) is 0 Å². The zero-order chi connectivity index (χ0) is 6.69. The highest BCUT2D eigenvalue weighted by Crippen LogP contribution is 2.28. The number of nitrogens with one attached hydrogen (secondary N) is 1. The van der Waals surface area contributed by atoms with Crippen LogP contribution in [0.2, 0.25) is 0 Å². The molecule has 0 saturated carbocycles. The predicted molar refractivity (Wildman–Crippen MR) is 42.1 cm³/mol. The van der Waals surface area contributed by atoms with E-state index >= 15 is 0 Å². The number of ketones is 1. The first-order valence-electron chi connectivity index (χ1n) is 2.22. The second-order valence-corrected chi connectivity index (χ2v) is 3.51. The Kier molecular flexibility index (Phi) is 2.75. The van der Waals surface area contributed by atoms with Crippen LogP contribution in [0.4, 0.5) is 0 Å². The summed E-state index contributed by atoms with van der Waals surface area (Å²) < 4.78 is 2.81. The molecule has 1 heterocycles. The highest BCUT2D eigenvalue weighted by molar-refractivity contribution is 8.77. The first kappa shape index (κ1) is 7.31. The Bertz CT molecular complexity index is 159. The van der Waals surface area contributed by atoms with Crippen molar-refractivity contribution >= 4 is 39.2 Å². The van der Waals surface area contributed by atoms with E-state index in [2.05, 4.69) is 4.72 Å². The van der Waals surface area contributed by atoms with Crippen molar-refractivity contribution in [3.8, 4) is 0 Å². The lowest BCUT2D eigenvalue weighted by Crippen LogP contribution is -2.11. The van der Waals surface area contributed by atoms with Gasteiger partial charge in [-0.3, -0.25) is 4.79 Å². The molecule has 5 heteroatoms. The maximum atomic E-state index is 10.7. The molecule has 2 nitrogen and oxygen atoms in total. The average molecular weight is 182 g/mol. The van der Waals surface area contributed by atoms with Crippen LogP contribution in [0.15, 0.2) is 11.1 Å². The Balaban J connectivity index is 2.51. The van der Waals surface area contributed by atoms with E-state index in [1.807, 2.05) is 0 Å². The highest BCUT2D eigenvalue weighted by atomic mass is 35.5. The fourth-order valence-electron chi connectivity index (χ4n) is 0.360. The van der Waals surface area contributed by atoms with Crippen molar-refractivity contribution < 1.29 is 4.79 Å². The van der Waals surface area contributed by atoms with Gasteiger partial charge in [0.25, 0.3) is 0 Å². The van der Waals surface area contributed by atoms with Gasteiger partial charge in [-0.15, -0.1) is 11.6 Å². The number of hydrogen-bond acceptors (Lipinski definition) is 4. The molecule has 1 aliphatic heterocycles. The molecule has 0 saturated heterocycles. The van der Waals surface area contributed by atoms with Crippen LogP contribution < -0.4 is 4.72 Å². The third kappa shape index (κ3) is 1.81. The lowest BCUT2D eigenvalue weighted by Gasteiger charge is -1.94. The molecule has 1 aliphatic rings. The Morgan fingerprint density at radius 1 is 1.89 bits per heavy atom. The Labute approximate surface area is 65.9 Å². The molecule has 0 aromatic heterocycles. The van der Waals surface area contributed by atoms with Gasteiger partial charge in [-0.05, 0) is 10.8 Å². The number of alkyl halides is 1. The molecular weight excluding hydrogens is 178 g/mol. The maximum absolute atomic E-state index is 10.7. The summed E-state index contributed by atoms with van der Waals surface area (Å²) in [6.45, 7) is 0. The number of carbonyl (C=O) groups excluding carboxylic acids is 1. The summed E-state index contributed by atoms with van der Waals surface area (Å²) in [5.74, 6) is 0.00844. The predicted octanol–water partition coefficient (Wildman–Crippen LogP) is 1.54. The monoisotopic (exact) mass is 181 g/mol. The second kappa shape index (κ2) is 3.39. The molecule has 0 atom stereocenters. The highest BCUT2D eigenvalue weighted by Gasteiger charge is 2.11. The molecule has 0 unspecified atom stereocenters. The molecule has 0 spiro atoms. The van der Waals surface area contributed by atoms with Gasteiger partial charge in [0.05, 0.1) is 11.6 Å². The van der Waals surface area contributed by atoms with Gasteiger partial charge in [0.2, 0.25) is 0 Å². The van der Waals surface area contributed by atoms with Crippen molar-refractivity contribution in [2.75, 3.05) is 5.88 Å². The first-order chi connectivity index (χ1) is 4.34. The topological polar surface area (TPSA) is 29.1 Å². The lowest BCUT2D eigenvalue weighted by molar-refractivity contribution is -0.113. The Morgan fingerprint density at radius 3 is 3.11 bits per heavy atom. The SMILES string of the molecule is O=C(CCl)C1=CSSN1. The molecule has 0 aromatic carbocycles. The largest absolute Gasteiger partial charge is 0.317 e. The summed E-state index contributed by atoms with van der Waals surface area (Å²) in [6, 6.07) is 0. The molecule has 1 N–H and O–H groups in total. The molecule has 0 aliphatic carbocycles. The van der Waals surface area contributed by atoms with E-state index in [0.717, 1.165) is 0 Å². The number of hydrogen-bond donors (Lipinski definition) is 1. The van der Waals surface area contributed by atoms with Crippen LogP contribution in [0, 0.1) is 0 Å². The minimum Gasteiger partial charge on any atom is -0.317 e. The van der Waals surface area contributed by atoms with Crippen LogP contribution in [0.3, 0.4) is 0 Å².